The van der Waals surface area contributed by atoms with Gasteiger partial charge in [0.05, 0.1) is 0 Å². The molecule has 0 aromatic carbocycles. The monoisotopic (exact) mass is 991 g/mol. The lowest BCUT2D eigenvalue weighted by molar-refractivity contribution is -0.167. The highest BCUT2D eigenvalue weighted by molar-refractivity contribution is 5.71. The maximum Gasteiger partial charge on any atom is 0.306 e. The molecule has 1 atom stereocenters. The molecule has 0 aliphatic rings. The Labute approximate surface area is 440 Å². The smallest absolute Gasteiger partial charge is 0.306 e. The van der Waals surface area contributed by atoms with Crippen LogP contribution in [0.25, 0.3) is 0 Å². The summed E-state index contributed by atoms with van der Waals surface area (Å²) < 4.78 is 16.8. The summed E-state index contributed by atoms with van der Waals surface area (Å²) in [5.74, 6) is -0.963. The van der Waals surface area contributed by atoms with Crippen LogP contribution in [0.1, 0.15) is 303 Å². The Kier molecular flexibility index (Phi) is 56.8. The number of rotatable bonds is 55. The van der Waals surface area contributed by atoms with Crippen molar-refractivity contribution in [1.82, 2.24) is 0 Å². The number of allylic oxidation sites excluding steroid dienone is 12. The van der Waals surface area contributed by atoms with Crippen LogP contribution in [0.3, 0.4) is 0 Å². The molecular formula is C65H114O6. The predicted octanol–water partition coefficient (Wildman–Crippen LogP) is 20.5. The fourth-order valence-corrected chi connectivity index (χ4v) is 8.54. The summed E-state index contributed by atoms with van der Waals surface area (Å²) in [7, 11) is 0. The van der Waals surface area contributed by atoms with Crippen LogP contribution in [0.15, 0.2) is 72.9 Å². The van der Waals surface area contributed by atoms with Crippen molar-refractivity contribution in [2.24, 2.45) is 0 Å². The number of unbranched alkanes of at least 4 members (excludes halogenated alkanes) is 32. The summed E-state index contributed by atoms with van der Waals surface area (Å²) in [5.41, 5.74) is 0. The summed E-state index contributed by atoms with van der Waals surface area (Å²) in [6.07, 6.45) is 76.2. The van der Waals surface area contributed by atoms with E-state index >= 15 is 0 Å². The molecule has 0 radical (unpaired) electrons. The molecular weight excluding hydrogens is 877 g/mol. The number of hydrogen-bond donors (Lipinski definition) is 0. The van der Waals surface area contributed by atoms with E-state index in [2.05, 4.69) is 93.7 Å². The van der Waals surface area contributed by atoms with E-state index in [9.17, 15) is 14.4 Å². The highest BCUT2D eigenvalue weighted by Gasteiger charge is 2.19. The highest BCUT2D eigenvalue weighted by Crippen LogP contribution is 2.15. The molecule has 71 heavy (non-hydrogen) atoms. The van der Waals surface area contributed by atoms with Gasteiger partial charge >= 0.3 is 17.9 Å². The third-order valence-corrected chi connectivity index (χ3v) is 13.2. The Morgan fingerprint density at radius 2 is 0.521 bits per heavy atom. The lowest BCUT2D eigenvalue weighted by Gasteiger charge is -2.18. The van der Waals surface area contributed by atoms with Gasteiger partial charge in [0.2, 0.25) is 0 Å². The maximum absolute atomic E-state index is 12.9. The number of carbonyl (C=O) groups is 3. The molecule has 0 aromatic heterocycles. The van der Waals surface area contributed by atoms with Crippen molar-refractivity contribution in [2.45, 2.75) is 309 Å². The van der Waals surface area contributed by atoms with Crippen LogP contribution in [0.5, 0.6) is 0 Å². The van der Waals surface area contributed by atoms with Crippen molar-refractivity contribution in [3.63, 3.8) is 0 Å². The van der Waals surface area contributed by atoms with Gasteiger partial charge in [0.15, 0.2) is 6.10 Å². The van der Waals surface area contributed by atoms with Gasteiger partial charge in [0, 0.05) is 19.3 Å². The second-order valence-corrected chi connectivity index (χ2v) is 20.2. The van der Waals surface area contributed by atoms with E-state index in [0.29, 0.717) is 19.3 Å². The molecule has 0 spiro atoms. The van der Waals surface area contributed by atoms with Crippen molar-refractivity contribution in [2.75, 3.05) is 13.2 Å². The van der Waals surface area contributed by atoms with Gasteiger partial charge in [-0.05, 0) is 109 Å². The van der Waals surface area contributed by atoms with Crippen molar-refractivity contribution in [3.05, 3.63) is 72.9 Å². The zero-order valence-corrected chi connectivity index (χ0v) is 47.0. The molecule has 0 fully saturated rings. The molecule has 0 saturated carbocycles. The van der Waals surface area contributed by atoms with Gasteiger partial charge in [-0.2, -0.15) is 0 Å². The quantitative estimate of drug-likeness (QED) is 0.0261. The molecule has 6 heteroatoms. The average Bonchev–Trinajstić information content (AvgIpc) is 3.37. The molecule has 0 heterocycles. The minimum Gasteiger partial charge on any atom is -0.462 e. The van der Waals surface area contributed by atoms with E-state index in [1.54, 1.807) is 0 Å². The van der Waals surface area contributed by atoms with Gasteiger partial charge in [-0.25, -0.2) is 0 Å². The minimum absolute atomic E-state index is 0.0991. The van der Waals surface area contributed by atoms with Crippen LogP contribution in [-0.2, 0) is 28.6 Å². The third-order valence-electron chi connectivity index (χ3n) is 13.2. The van der Waals surface area contributed by atoms with E-state index < -0.39 is 6.10 Å². The van der Waals surface area contributed by atoms with Crippen LogP contribution >= 0.6 is 0 Å². The second kappa shape index (κ2) is 59.4. The first kappa shape index (κ1) is 67.8. The molecule has 0 aromatic rings. The van der Waals surface area contributed by atoms with Crippen molar-refractivity contribution >= 4 is 17.9 Å². The first-order valence-corrected chi connectivity index (χ1v) is 30.4. The molecule has 0 aliphatic heterocycles. The molecule has 0 amide bonds. The Bertz CT molecular complexity index is 1320. The third kappa shape index (κ3) is 57.6. The van der Waals surface area contributed by atoms with E-state index in [4.69, 9.17) is 14.2 Å². The first-order valence-electron chi connectivity index (χ1n) is 30.4. The summed E-state index contributed by atoms with van der Waals surface area (Å²) in [6.45, 7) is 6.58. The molecule has 0 aliphatic carbocycles. The highest BCUT2D eigenvalue weighted by atomic mass is 16.6. The lowest BCUT2D eigenvalue weighted by atomic mass is 10.1. The average molecular weight is 992 g/mol. The summed E-state index contributed by atoms with van der Waals surface area (Å²) in [5, 5.41) is 0. The maximum atomic E-state index is 12.9. The van der Waals surface area contributed by atoms with Gasteiger partial charge in [-0.3, -0.25) is 14.4 Å². The van der Waals surface area contributed by atoms with Crippen LogP contribution < -0.4 is 0 Å². The van der Waals surface area contributed by atoms with E-state index in [-0.39, 0.29) is 37.5 Å². The molecule has 0 N–H and O–H groups in total. The largest absolute Gasteiger partial charge is 0.462 e. The number of esters is 3. The fraction of sp³-hybridized carbons (Fsp3) is 0.769. The standard InChI is InChI=1S/C65H114O6/c1-4-7-10-13-16-19-22-25-28-31-34-37-40-43-46-49-52-55-58-64(67)70-61-62(60-69-63(66)57-54-51-48-45-42-39-36-33-30-27-24-21-18-15-12-9-6-3)71-65(68)59-56-53-50-47-44-41-38-35-32-29-26-23-20-17-14-11-8-5-2/h18,21,27,30,34-39,45,48,62H,4-17,19-20,22-26,28-29,31-33,40-44,46-47,49-61H2,1-3H3/b21-18-,30-27-,37-34-,38-35-,39-36-,48-45-. The lowest BCUT2D eigenvalue weighted by Crippen LogP contribution is -2.30. The van der Waals surface area contributed by atoms with Crippen molar-refractivity contribution in [3.8, 4) is 0 Å². The van der Waals surface area contributed by atoms with Crippen LogP contribution in [0.4, 0.5) is 0 Å². The number of hydrogen-bond acceptors (Lipinski definition) is 6. The Morgan fingerprint density at radius 1 is 0.282 bits per heavy atom. The van der Waals surface area contributed by atoms with Crippen molar-refractivity contribution < 1.29 is 28.6 Å². The molecule has 0 rings (SSSR count). The normalized spacial score (nSPS) is 12.5. The van der Waals surface area contributed by atoms with E-state index in [0.717, 1.165) is 83.5 Å². The molecule has 0 saturated heterocycles. The van der Waals surface area contributed by atoms with Crippen LogP contribution in [0.2, 0.25) is 0 Å². The molecule has 0 bridgehead atoms. The van der Waals surface area contributed by atoms with Crippen LogP contribution in [-0.4, -0.2) is 37.2 Å². The second-order valence-electron chi connectivity index (χ2n) is 20.2. The summed E-state index contributed by atoms with van der Waals surface area (Å²) in [6, 6.07) is 0. The van der Waals surface area contributed by atoms with E-state index in [1.165, 1.54) is 173 Å². The molecule has 6 nitrogen and oxygen atoms in total. The predicted molar refractivity (Wildman–Crippen MR) is 307 cm³/mol. The SMILES string of the molecule is CCCCC/C=C\C/C=C\C/C=C\C/C=C\CCCC(=O)OCC(COC(=O)CCCCCCC/C=C\CCCCCCCCCCC)OC(=O)CCCCCCC/C=C\CCCCCCCCCCC. The van der Waals surface area contributed by atoms with Crippen molar-refractivity contribution in [1.29, 1.82) is 0 Å². The first-order chi connectivity index (χ1) is 35.0. The Morgan fingerprint density at radius 3 is 0.887 bits per heavy atom. The zero-order valence-electron chi connectivity index (χ0n) is 47.0. The Balaban J connectivity index is 4.47. The van der Waals surface area contributed by atoms with Crippen LogP contribution in [0, 0.1) is 0 Å². The van der Waals surface area contributed by atoms with Gasteiger partial charge in [-0.15, -0.1) is 0 Å². The van der Waals surface area contributed by atoms with Gasteiger partial charge in [0.1, 0.15) is 13.2 Å². The van der Waals surface area contributed by atoms with E-state index in [1.807, 2.05) is 0 Å². The molecule has 1 unspecified atom stereocenters. The fourth-order valence-electron chi connectivity index (χ4n) is 8.54. The molecule has 410 valence electrons. The summed E-state index contributed by atoms with van der Waals surface area (Å²) in [4.78, 5) is 38.2. The number of ether oxygens (including phenoxy) is 3. The Hall–Kier alpha value is -3.15. The van der Waals surface area contributed by atoms with Gasteiger partial charge in [-0.1, -0.05) is 248 Å². The minimum atomic E-state index is -0.806. The summed E-state index contributed by atoms with van der Waals surface area (Å²) >= 11 is 0. The van der Waals surface area contributed by atoms with Gasteiger partial charge in [0.25, 0.3) is 0 Å². The van der Waals surface area contributed by atoms with Gasteiger partial charge < -0.3 is 14.2 Å². The topological polar surface area (TPSA) is 78.9 Å². The zero-order chi connectivity index (χ0) is 51.4. The number of carbonyl (C=O) groups excluding carboxylic acids is 3.